The highest BCUT2D eigenvalue weighted by Crippen LogP contribution is 2.31. The molecular formula is C17H18BrN3. The number of hydrogen-bond acceptors (Lipinski definition) is 3. The van der Waals surface area contributed by atoms with Gasteiger partial charge in [0.15, 0.2) is 0 Å². The third-order valence-corrected chi connectivity index (χ3v) is 4.83. The molecule has 0 saturated carbocycles. The molecule has 0 spiro atoms. The maximum absolute atomic E-state index is 9.47. The number of benzene rings is 1. The van der Waals surface area contributed by atoms with Crippen molar-refractivity contribution in [3.63, 3.8) is 0 Å². The van der Waals surface area contributed by atoms with E-state index in [2.05, 4.69) is 40.7 Å². The fraction of sp³-hybridized carbons (Fsp3) is 0.412. The second-order valence-corrected chi connectivity index (χ2v) is 6.75. The van der Waals surface area contributed by atoms with Crippen LogP contribution in [0.15, 0.2) is 28.7 Å². The average molecular weight is 344 g/mol. The van der Waals surface area contributed by atoms with Gasteiger partial charge in [0.2, 0.25) is 0 Å². The van der Waals surface area contributed by atoms with Crippen LogP contribution < -0.4 is 4.90 Å². The van der Waals surface area contributed by atoms with Crippen molar-refractivity contribution in [1.29, 1.82) is 5.26 Å². The van der Waals surface area contributed by atoms with E-state index in [4.69, 9.17) is 4.98 Å². The predicted octanol–water partition coefficient (Wildman–Crippen LogP) is 4.64. The molecule has 0 unspecified atom stereocenters. The minimum atomic E-state index is 0.473. The molecule has 3 nitrogen and oxygen atoms in total. The normalized spacial score (nSPS) is 22.3. The minimum Gasteiger partial charge on any atom is -0.351 e. The summed E-state index contributed by atoms with van der Waals surface area (Å²) < 4.78 is 0.973. The largest absolute Gasteiger partial charge is 0.351 e. The zero-order valence-electron chi connectivity index (χ0n) is 12.3. The maximum atomic E-state index is 9.47. The van der Waals surface area contributed by atoms with E-state index in [9.17, 15) is 5.26 Å². The summed E-state index contributed by atoms with van der Waals surface area (Å²) in [4.78, 5) is 7.17. The highest BCUT2D eigenvalue weighted by molar-refractivity contribution is 9.10. The lowest BCUT2D eigenvalue weighted by molar-refractivity contribution is 0.411. The fourth-order valence-corrected chi connectivity index (χ4v) is 3.64. The number of rotatable bonds is 1. The van der Waals surface area contributed by atoms with Gasteiger partial charge in [-0.15, -0.1) is 0 Å². The number of nitriles is 1. The molecule has 4 heteroatoms. The maximum Gasteiger partial charge on any atom is 0.131 e. The zero-order chi connectivity index (χ0) is 15.0. The average Bonchev–Trinajstić information content (AvgIpc) is 2.46. The Balaban J connectivity index is 2.15. The van der Waals surface area contributed by atoms with E-state index in [0.717, 1.165) is 21.2 Å². The number of halogens is 1. The molecule has 0 N–H and O–H groups in total. The molecule has 0 amide bonds. The number of anilines is 1. The zero-order valence-corrected chi connectivity index (χ0v) is 13.9. The Morgan fingerprint density at radius 1 is 1.24 bits per heavy atom. The molecule has 0 radical (unpaired) electrons. The summed E-state index contributed by atoms with van der Waals surface area (Å²) in [7, 11) is 0. The first-order chi connectivity index (χ1) is 10.1. The monoisotopic (exact) mass is 343 g/mol. The molecule has 108 valence electrons. The van der Waals surface area contributed by atoms with Crippen molar-refractivity contribution >= 4 is 32.7 Å². The van der Waals surface area contributed by atoms with Crippen molar-refractivity contribution in [2.45, 2.75) is 45.2 Å². The summed E-state index contributed by atoms with van der Waals surface area (Å²) in [6.45, 7) is 4.49. The SMILES string of the molecule is C[C@@H]1CCC[C@H](C)N1c1cc(C#N)c2cc(Br)ccc2n1. The Hall–Kier alpha value is -1.60. The van der Waals surface area contributed by atoms with Crippen LogP contribution in [0.1, 0.15) is 38.7 Å². The lowest BCUT2D eigenvalue weighted by Crippen LogP contribution is -2.44. The van der Waals surface area contributed by atoms with Gasteiger partial charge in [0.05, 0.1) is 17.1 Å². The molecule has 2 atom stereocenters. The second-order valence-electron chi connectivity index (χ2n) is 5.84. The Labute approximate surface area is 133 Å². The van der Waals surface area contributed by atoms with Crippen LogP contribution in [0.3, 0.4) is 0 Å². The summed E-state index contributed by atoms with van der Waals surface area (Å²) in [6.07, 6.45) is 3.64. The first-order valence-electron chi connectivity index (χ1n) is 7.39. The van der Waals surface area contributed by atoms with Crippen LogP contribution in [0.2, 0.25) is 0 Å². The molecule has 0 aliphatic carbocycles. The third-order valence-electron chi connectivity index (χ3n) is 4.34. The smallest absolute Gasteiger partial charge is 0.131 e. The van der Waals surface area contributed by atoms with E-state index in [1.54, 1.807) is 0 Å². The Morgan fingerprint density at radius 2 is 1.95 bits per heavy atom. The third kappa shape index (κ3) is 2.63. The summed E-state index contributed by atoms with van der Waals surface area (Å²) in [5.74, 6) is 0.932. The summed E-state index contributed by atoms with van der Waals surface area (Å²) >= 11 is 3.46. The number of piperidine rings is 1. The van der Waals surface area contributed by atoms with E-state index in [1.165, 1.54) is 19.3 Å². The molecule has 21 heavy (non-hydrogen) atoms. The summed E-state index contributed by atoms with van der Waals surface area (Å²) in [6, 6.07) is 11.1. The van der Waals surface area contributed by atoms with Gasteiger partial charge in [-0.1, -0.05) is 15.9 Å². The first-order valence-corrected chi connectivity index (χ1v) is 8.18. The molecule has 0 bridgehead atoms. The molecule has 1 fully saturated rings. The van der Waals surface area contributed by atoms with Gasteiger partial charge in [-0.2, -0.15) is 5.26 Å². The van der Waals surface area contributed by atoms with Crippen molar-refractivity contribution in [2.75, 3.05) is 4.90 Å². The Bertz CT molecular complexity index is 710. The Morgan fingerprint density at radius 3 is 2.62 bits per heavy atom. The number of nitrogens with zero attached hydrogens (tertiary/aromatic N) is 3. The van der Waals surface area contributed by atoms with Crippen LogP contribution in [0.4, 0.5) is 5.82 Å². The van der Waals surface area contributed by atoms with Gasteiger partial charge in [0.25, 0.3) is 0 Å². The van der Waals surface area contributed by atoms with Crippen LogP contribution in [-0.2, 0) is 0 Å². The van der Waals surface area contributed by atoms with Crippen molar-refractivity contribution in [1.82, 2.24) is 4.98 Å². The molecule has 1 aliphatic rings. The van der Waals surface area contributed by atoms with Gasteiger partial charge in [0, 0.05) is 21.9 Å². The Kier molecular flexibility index (Phi) is 3.86. The van der Waals surface area contributed by atoms with Crippen LogP contribution in [0, 0.1) is 11.3 Å². The van der Waals surface area contributed by atoms with Crippen molar-refractivity contribution in [2.24, 2.45) is 0 Å². The molecule has 1 aromatic heterocycles. The van der Waals surface area contributed by atoms with Gasteiger partial charge in [-0.25, -0.2) is 4.98 Å². The van der Waals surface area contributed by atoms with Crippen LogP contribution >= 0.6 is 15.9 Å². The molecule has 2 aromatic rings. The van der Waals surface area contributed by atoms with Crippen molar-refractivity contribution in [3.05, 3.63) is 34.3 Å². The highest BCUT2D eigenvalue weighted by Gasteiger charge is 2.26. The minimum absolute atomic E-state index is 0.473. The molecule has 1 aliphatic heterocycles. The second kappa shape index (κ2) is 5.65. The van der Waals surface area contributed by atoms with Gasteiger partial charge < -0.3 is 4.90 Å². The molecule has 1 aromatic carbocycles. The molecular weight excluding hydrogens is 326 g/mol. The van der Waals surface area contributed by atoms with Gasteiger partial charge in [-0.3, -0.25) is 0 Å². The molecule has 1 saturated heterocycles. The predicted molar refractivity (Wildman–Crippen MR) is 89.4 cm³/mol. The van der Waals surface area contributed by atoms with Gasteiger partial charge in [0.1, 0.15) is 5.82 Å². The van der Waals surface area contributed by atoms with E-state index in [-0.39, 0.29) is 0 Å². The van der Waals surface area contributed by atoms with Crippen LogP contribution in [-0.4, -0.2) is 17.1 Å². The van der Waals surface area contributed by atoms with E-state index >= 15 is 0 Å². The number of aromatic nitrogens is 1. The molecule has 3 rings (SSSR count). The van der Waals surface area contributed by atoms with Crippen LogP contribution in [0.5, 0.6) is 0 Å². The first kappa shape index (κ1) is 14.3. The highest BCUT2D eigenvalue weighted by atomic mass is 79.9. The molecule has 2 heterocycles. The van der Waals surface area contributed by atoms with E-state index in [1.807, 2.05) is 24.3 Å². The fourth-order valence-electron chi connectivity index (χ4n) is 3.28. The standard InChI is InChI=1S/C17H18BrN3/c1-11-4-3-5-12(2)21(11)17-8-13(10-19)15-9-14(18)6-7-16(15)20-17/h6-9,11-12H,3-5H2,1-2H3/t11-,12+. The summed E-state index contributed by atoms with van der Waals surface area (Å²) in [5, 5.41) is 10.4. The van der Waals surface area contributed by atoms with Gasteiger partial charge >= 0.3 is 0 Å². The quantitative estimate of drug-likeness (QED) is 0.757. The topological polar surface area (TPSA) is 39.9 Å². The van der Waals surface area contributed by atoms with Gasteiger partial charge in [-0.05, 0) is 57.4 Å². The lowest BCUT2D eigenvalue weighted by Gasteiger charge is -2.40. The lowest BCUT2D eigenvalue weighted by atomic mass is 9.97. The number of fused-ring (bicyclic) bond motifs is 1. The summed E-state index contributed by atoms with van der Waals surface area (Å²) in [5.41, 5.74) is 1.58. The van der Waals surface area contributed by atoms with E-state index < -0.39 is 0 Å². The van der Waals surface area contributed by atoms with Crippen molar-refractivity contribution in [3.8, 4) is 6.07 Å². The number of pyridine rings is 1. The number of hydrogen-bond donors (Lipinski definition) is 0. The van der Waals surface area contributed by atoms with E-state index in [0.29, 0.717) is 17.6 Å². The van der Waals surface area contributed by atoms with Crippen LogP contribution in [0.25, 0.3) is 10.9 Å². The van der Waals surface area contributed by atoms with Crippen molar-refractivity contribution < 1.29 is 0 Å².